The first-order valence-electron chi connectivity index (χ1n) is 12.6. The van der Waals surface area contributed by atoms with Gasteiger partial charge in [-0.1, -0.05) is 18.2 Å². The Morgan fingerprint density at radius 2 is 2.08 bits per heavy atom. The highest BCUT2D eigenvalue weighted by Gasteiger charge is 2.45. The Balaban J connectivity index is 1.23. The molecule has 1 amide bonds. The van der Waals surface area contributed by atoms with Crippen LogP contribution in [0.15, 0.2) is 55.0 Å². The number of carbonyl (C=O) groups is 1. The molecule has 39 heavy (non-hydrogen) atoms. The number of hydrogen-bond acceptors (Lipinski definition) is 8. The number of alkyl halides is 2. The quantitative estimate of drug-likeness (QED) is 0.335. The van der Waals surface area contributed by atoms with Crippen LogP contribution in [0.4, 0.5) is 20.4 Å². The SMILES string of the molecule is CN1CCC(O)(c2cccc(-c3ccn(-c4ccnc(Nc5cn(CC(F)F)nc5OC5CC5)n4)n3)c2)C1=O. The molecule has 11 nitrogen and oxygen atoms in total. The van der Waals surface area contributed by atoms with Gasteiger partial charge in [-0.2, -0.15) is 10.1 Å². The Morgan fingerprint density at radius 3 is 2.82 bits per heavy atom. The first-order valence-corrected chi connectivity index (χ1v) is 12.6. The number of nitrogens with one attached hydrogen (secondary N) is 1. The van der Waals surface area contributed by atoms with Crippen LogP contribution in [-0.2, 0) is 16.9 Å². The number of likely N-dealkylation sites (N-methyl/N-ethyl adjacent to an activating group) is 1. The van der Waals surface area contributed by atoms with Crippen LogP contribution in [0.5, 0.6) is 5.88 Å². The third kappa shape index (κ3) is 5.04. The van der Waals surface area contributed by atoms with Gasteiger partial charge in [-0.15, -0.1) is 5.10 Å². The molecule has 1 aliphatic heterocycles. The molecule has 4 heterocycles. The largest absolute Gasteiger partial charge is 0.472 e. The second-order valence-corrected chi connectivity index (χ2v) is 9.71. The van der Waals surface area contributed by atoms with Gasteiger partial charge < -0.3 is 20.1 Å². The van der Waals surface area contributed by atoms with Crippen molar-refractivity contribution in [2.45, 2.75) is 43.9 Å². The number of likely N-dealkylation sites (tertiary alicyclic amines) is 1. The number of anilines is 2. The van der Waals surface area contributed by atoms with E-state index in [2.05, 4.69) is 25.5 Å². The molecular weight excluding hydrogens is 510 g/mol. The number of aromatic nitrogens is 6. The zero-order valence-electron chi connectivity index (χ0n) is 21.0. The number of ether oxygens (including phenoxy) is 1. The smallest absolute Gasteiger partial charge is 0.258 e. The fraction of sp³-hybridized carbons (Fsp3) is 0.346. The van der Waals surface area contributed by atoms with Crippen LogP contribution in [-0.4, -0.2) is 71.6 Å². The van der Waals surface area contributed by atoms with Crippen LogP contribution >= 0.6 is 0 Å². The van der Waals surface area contributed by atoms with E-state index in [-0.39, 0.29) is 23.8 Å². The minimum Gasteiger partial charge on any atom is -0.472 e. The molecule has 202 valence electrons. The maximum Gasteiger partial charge on any atom is 0.258 e. The monoisotopic (exact) mass is 536 g/mol. The van der Waals surface area contributed by atoms with Crippen molar-refractivity contribution in [1.82, 2.24) is 34.4 Å². The van der Waals surface area contributed by atoms with Gasteiger partial charge in [0, 0.05) is 44.0 Å². The highest BCUT2D eigenvalue weighted by Crippen LogP contribution is 2.35. The summed E-state index contributed by atoms with van der Waals surface area (Å²) in [4.78, 5) is 22.8. The number of benzene rings is 1. The van der Waals surface area contributed by atoms with Crippen molar-refractivity contribution in [1.29, 1.82) is 0 Å². The van der Waals surface area contributed by atoms with Gasteiger partial charge in [0.15, 0.2) is 11.4 Å². The van der Waals surface area contributed by atoms with Crippen molar-refractivity contribution < 1.29 is 23.4 Å². The van der Waals surface area contributed by atoms with Crippen molar-refractivity contribution in [3.05, 3.63) is 60.6 Å². The van der Waals surface area contributed by atoms with Crippen molar-refractivity contribution in [3.63, 3.8) is 0 Å². The first kappa shape index (κ1) is 24.9. The highest BCUT2D eigenvalue weighted by atomic mass is 19.3. The Labute approximate surface area is 222 Å². The highest BCUT2D eigenvalue weighted by molar-refractivity contribution is 5.88. The van der Waals surface area contributed by atoms with Gasteiger partial charge in [0.25, 0.3) is 18.2 Å². The lowest BCUT2D eigenvalue weighted by Crippen LogP contribution is -2.36. The second kappa shape index (κ2) is 9.73. The summed E-state index contributed by atoms with van der Waals surface area (Å²) in [5.41, 5.74) is 0.728. The van der Waals surface area contributed by atoms with Gasteiger partial charge in [-0.25, -0.2) is 18.4 Å². The molecule has 0 radical (unpaired) electrons. The maximum absolute atomic E-state index is 12.9. The average Bonchev–Trinajstić information content (AvgIpc) is 3.35. The van der Waals surface area contributed by atoms with E-state index in [1.54, 1.807) is 54.5 Å². The molecular formula is C26H26F2N8O3. The Hall–Kier alpha value is -4.39. The summed E-state index contributed by atoms with van der Waals surface area (Å²) in [6.07, 6.45) is 4.32. The molecule has 13 heteroatoms. The van der Waals surface area contributed by atoms with Gasteiger partial charge >= 0.3 is 0 Å². The normalized spacial score (nSPS) is 19.2. The van der Waals surface area contributed by atoms with E-state index < -0.39 is 18.6 Å². The van der Waals surface area contributed by atoms with Crippen molar-refractivity contribution >= 4 is 17.5 Å². The first-order chi connectivity index (χ1) is 18.8. The van der Waals surface area contributed by atoms with Crippen LogP contribution in [0.3, 0.4) is 0 Å². The zero-order chi connectivity index (χ0) is 27.1. The molecule has 0 spiro atoms. The summed E-state index contributed by atoms with van der Waals surface area (Å²) in [5.74, 6) is 0.583. The molecule has 2 aliphatic rings. The van der Waals surface area contributed by atoms with Crippen molar-refractivity contribution in [2.75, 3.05) is 18.9 Å². The Morgan fingerprint density at radius 1 is 1.23 bits per heavy atom. The third-order valence-corrected chi connectivity index (χ3v) is 6.71. The lowest BCUT2D eigenvalue weighted by atomic mass is 9.90. The lowest BCUT2D eigenvalue weighted by Gasteiger charge is -2.21. The minimum atomic E-state index is -2.55. The van der Waals surface area contributed by atoms with Gasteiger partial charge in [0.1, 0.15) is 18.3 Å². The number of amides is 1. The molecule has 1 saturated carbocycles. The predicted molar refractivity (Wildman–Crippen MR) is 136 cm³/mol. The summed E-state index contributed by atoms with van der Waals surface area (Å²) in [7, 11) is 1.67. The van der Waals surface area contributed by atoms with E-state index in [9.17, 15) is 18.7 Å². The van der Waals surface area contributed by atoms with Gasteiger partial charge in [-0.3, -0.25) is 9.48 Å². The molecule has 1 saturated heterocycles. The number of nitrogens with zero attached hydrogens (tertiary/aromatic N) is 7. The summed E-state index contributed by atoms with van der Waals surface area (Å²) >= 11 is 0. The van der Waals surface area contributed by atoms with E-state index in [4.69, 9.17) is 4.74 Å². The van der Waals surface area contributed by atoms with Gasteiger partial charge in [-0.05, 0) is 30.5 Å². The van der Waals surface area contributed by atoms with Gasteiger partial charge in [0.05, 0.1) is 11.9 Å². The molecule has 0 bridgehead atoms. The van der Waals surface area contributed by atoms with Crippen molar-refractivity contribution in [2.24, 2.45) is 0 Å². The number of aliphatic hydroxyl groups is 1. The van der Waals surface area contributed by atoms with Crippen LogP contribution < -0.4 is 10.1 Å². The topological polar surface area (TPSA) is 123 Å². The predicted octanol–water partition coefficient (Wildman–Crippen LogP) is 3.13. The standard InChI is InChI=1S/C26H26F2N8O3/c1-34-12-9-26(38,24(34)37)17-4-2-3-16(13-17)19-8-11-36(32-19)22-7-10-29-25(31-22)30-20-14-35(15-21(27)28)33-23(20)39-18-5-6-18/h2-4,7-8,10-11,13-14,18,21,38H,5-6,9,12,15H2,1H3,(H,29,30,31). The number of halogens is 2. The molecule has 1 aromatic carbocycles. The fourth-order valence-electron chi connectivity index (χ4n) is 4.48. The van der Waals surface area contributed by atoms with E-state index in [0.717, 1.165) is 23.1 Å². The van der Waals surface area contributed by atoms with Crippen LogP contribution in [0.2, 0.25) is 0 Å². The Bertz CT molecular complexity index is 1520. The molecule has 4 aromatic rings. The summed E-state index contributed by atoms with van der Waals surface area (Å²) in [6, 6.07) is 10.6. The average molecular weight is 537 g/mol. The molecule has 1 unspecified atom stereocenters. The van der Waals surface area contributed by atoms with E-state index in [1.807, 2.05) is 6.07 Å². The van der Waals surface area contributed by atoms with Crippen LogP contribution in [0, 0.1) is 0 Å². The summed E-state index contributed by atoms with van der Waals surface area (Å²) < 4.78 is 34.3. The second-order valence-electron chi connectivity index (χ2n) is 9.71. The van der Waals surface area contributed by atoms with E-state index in [0.29, 0.717) is 35.7 Å². The number of hydrogen-bond donors (Lipinski definition) is 2. The Kier molecular flexibility index (Phi) is 6.22. The fourth-order valence-corrected chi connectivity index (χ4v) is 4.48. The zero-order valence-corrected chi connectivity index (χ0v) is 21.0. The van der Waals surface area contributed by atoms with Crippen LogP contribution in [0.1, 0.15) is 24.8 Å². The van der Waals surface area contributed by atoms with Crippen LogP contribution in [0.25, 0.3) is 17.1 Å². The number of rotatable bonds is 9. The number of carbonyl (C=O) groups excluding carboxylic acids is 1. The minimum absolute atomic E-state index is 0.0297. The lowest BCUT2D eigenvalue weighted by molar-refractivity contribution is -0.143. The molecule has 2 N–H and O–H groups in total. The van der Waals surface area contributed by atoms with E-state index >= 15 is 0 Å². The van der Waals surface area contributed by atoms with Gasteiger partial charge in [0.2, 0.25) is 5.95 Å². The molecule has 6 rings (SSSR count). The molecule has 1 aliphatic carbocycles. The maximum atomic E-state index is 12.9. The third-order valence-electron chi connectivity index (χ3n) is 6.71. The summed E-state index contributed by atoms with van der Waals surface area (Å²) in [5, 5.41) is 22.8. The summed E-state index contributed by atoms with van der Waals surface area (Å²) in [6.45, 7) is -0.0669. The van der Waals surface area contributed by atoms with E-state index in [1.165, 1.54) is 11.1 Å². The molecule has 2 fully saturated rings. The van der Waals surface area contributed by atoms with Crippen molar-refractivity contribution in [3.8, 4) is 23.0 Å². The molecule has 3 aromatic heterocycles. The molecule has 1 atom stereocenters.